The monoisotopic (exact) mass is 511 g/mol. The number of anilines is 1. The number of piperidine rings is 1. The van der Waals surface area contributed by atoms with Gasteiger partial charge in [-0.3, -0.25) is 9.69 Å². The number of para-hydroxylation sites is 1. The third kappa shape index (κ3) is 4.24. The first-order valence-corrected chi connectivity index (χ1v) is 13.7. The van der Waals surface area contributed by atoms with Gasteiger partial charge in [0.1, 0.15) is 18.2 Å². The van der Waals surface area contributed by atoms with E-state index in [1.807, 2.05) is 36.4 Å². The number of carboxylic acids is 1. The molecule has 0 amide bonds. The minimum Gasteiger partial charge on any atom is -0.488 e. The molecule has 3 fully saturated rings. The number of benzene rings is 2. The van der Waals surface area contributed by atoms with Crippen molar-refractivity contribution in [3.63, 3.8) is 0 Å². The standard InChI is InChI=1S/C31H33N3O4/c35-30(36)31-11-13-34(17-24(31)15-31)29-7-3-5-27(32-29)26-4-1-2-6-28(26)38-18-21-8-9-23-16-33(25-19-37-20-25)12-10-22(23)14-21/h1-9,14,24-25H,10-13,15-20H2,(H,35,36)/t24-,31+/m0/s1. The minimum absolute atomic E-state index is 0.224. The van der Waals surface area contributed by atoms with Crippen molar-refractivity contribution >= 4 is 11.8 Å². The lowest BCUT2D eigenvalue weighted by Crippen LogP contribution is -2.50. The Bertz CT molecular complexity index is 1370. The van der Waals surface area contributed by atoms with Gasteiger partial charge in [-0.2, -0.15) is 0 Å². The molecule has 1 aromatic heterocycles. The molecule has 196 valence electrons. The third-order valence-corrected chi connectivity index (χ3v) is 8.99. The van der Waals surface area contributed by atoms with Gasteiger partial charge in [0.2, 0.25) is 0 Å². The van der Waals surface area contributed by atoms with Crippen molar-refractivity contribution < 1.29 is 19.4 Å². The van der Waals surface area contributed by atoms with Crippen molar-refractivity contribution in [3.05, 3.63) is 77.4 Å². The highest BCUT2D eigenvalue weighted by molar-refractivity contribution is 5.79. The number of aromatic nitrogens is 1. The second-order valence-corrected chi connectivity index (χ2v) is 11.2. The molecule has 1 aliphatic carbocycles. The summed E-state index contributed by atoms with van der Waals surface area (Å²) in [5, 5.41) is 9.60. The SMILES string of the molecule is O=C(O)[C@@]12CCN(c3cccc(-c4ccccc4OCc4ccc5c(c4)CCN(C4COC4)C5)n3)C[C@@H]1C2. The summed E-state index contributed by atoms with van der Waals surface area (Å²) < 4.78 is 11.7. The number of aliphatic carboxylic acids is 1. The van der Waals surface area contributed by atoms with Gasteiger partial charge in [-0.25, -0.2) is 4.98 Å². The maximum Gasteiger partial charge on any atom is 0.310 e. The Balaban J connectivity index is 1.05. The molecule has 2 atom stereocenters. The van der Waals surface area contributed by atoms with E-state index in [9.17, 15) is 9.90 Å². The van der Waals surface area contributed by atoms with Crippen molar-refractivity contribution in [2.24, 2.45) is 11.3 Å². The summed E-state index contributed by atoms with van der Waals surface area (Å²) >= 11 is 0. The molecular weight excluding hydrogens is 478 g/mol. The first-order valence-electron chi connectivity index (χ1n) is 13.7. The summed E-state index contributed by atoms with van der Waals surface area (Å²) in [4.78, 5) is 21.4. The van der Waals surface area contributed by atoms with Crippen molar-refractivity contribution in [1.29, 1.82) is 0 Å². The van der Waals surface area contributed by atoms with Crippen LogP contribution >= 0.6 is 0 Å². The number of hydrogen-bond donors (Lipinski definition) is 1. The van der Waals surface area contributed by atoms with Gasteiger partial charge >= 0.3 is 5.97 Å². The molecule has 3 aromatic rings. The highest BCUT2D eigenvalue weighted by atomic mass is 16.5. The van der Waals surface area contributed by atoms with Gasteiger partial charge < -0.3 is 19.5 Å². The molecule has 7 nitrogen and oxygen atoms in total. The smallest absolute Gasteiger partial charge is 0.310 e. The Morgan fingerprint density at radius 3 is 2.79 bits per heavy atom. The maximum absolute atomic E-state index is 11.7. The van der Waals surface area contributed by atoms with Crippen LogP contribution in [0.15, 0.2) is 60.7 Å². The van der Waals surface area contributed by atoms with Gasteiger partial charge in [0.05, 0.1) is 30.4 Å². The summed E-state index contributed by atoms with van der Waals surface area (Å²) in [5.74, 6) is 1.30. The van der Waals surface area contributed by atoms with Gasteiger partial charge in [0, 0.05) is 31.7 Å². The summed E-state index contributed by atoms with van der Waals surface area (Å²) in [6, 6.07) is 21.5. The van der Waals surface area contributed by atoms with Gasteiger partial charge in [-0.05, 0) is 66.1 Å². The summed E-state index contributed by atoms with van der Waals surface area (Å²) in [6.45, 7) is 5.81. The maximum atomic E-state index is 11.7. The van der Waals surface area contributed by atoms with Crippen LogP contribution in [0, 0.1) is 11.3 Å². The van der Waals surface area contributed by atoms with Crippen LogP contribution in [0.5, 0.6) is 5.75 Å². The van der Waals surface area contributed by atoms with Crippen LogP contribution in [0.4, 0.5) is 5.82 Å². The number of carbonyl (C=O) groups is 1. The van der Waals surface area contributed by atoms with Crippen LogP contribution in [0.25, 0.3) is 11.3 Å². The fraction of sp³-hybridized carbons (Fsp3) is 0.419. The van der Waals surface area contributed by atoms with Crippen LogP contribution in [0.2, 0.25) is 0 Å². The highest BCUT2D eigenvalue weighted by Gasteiger charge is 2.62. The van der Waals surface area contributed by atoms with Gasteiger partial charge in [-0.15, -0.1) is 0 Å². The molecule has 0 unspecified atom stereocenters. The molecule has 0 bridgehead atoms. The van der Waals surface area contributed by atoms with E-state index in [2.05, 4.69) is 34.1 Å². The van der Waals surface area contributed by atoms with Crippen molar-refractivity contribution in [1.82, 2.24) is 9.88 Å². The number of hydrogen-bond acceptors (Lipinski definition) is 6. The Hall–Kier alpha value is -3.42. The first kappa shape index (κ1) is 23.7. The van der Waals surface area contributed by atoms with Gasteiger partial charge in [0.15, 0.2) is 0 Å². The molecule has 3 aliphatic heterocycles. The highest BCUT2D eigenvalue weighted by Crippen LogP contribution is 2.58. The van der Waals surface area contributed by atoms with Gasteiger partial charge in [0.25, 0.3) is 0 Å². The van der Waals surface area contributed by atoms with Gasteiger partial charge in [-0.1, -0.05) is 36.4 Å². The fourth-order valence-electron chi connectivity index (χ4n) is 6.37. The van der Waals surface area contributed by atoms with Crippen LogP contribution in [0.3, 0.4) is 0 Å². The molecule has 1 saturated carbocycles. The number of ether oxygens (including phenoxy) is 2. The molecule has 0 radical (unpaired) electrons. The topological polar surface area (TPSA) is 75.1 Å². The average Bonchev–Trinajstić information content (AvgIpc) is 3.67. The van der Waals surface area contributed by atoms with Crippen LogP contribution in [-0.2, 0) is 29.1 Å². The van der Waals surface area contributed by atoms with Crippen LogP contribution < -0.4 is 9.64 Å². The second-order valence-electron chi connectivity index (χ2n) is 11.2. The van der Waals surface area contributed by atoms with Crippen molar-refractivity contribution in [2.75, 3.05) is 37.7 Å². The van der Waals surface area contributed by atoms with E-state index in [0.717, 1.165) is 75.1 Å². The normalized spacial score (nSPS) is 24.7. The van der Waals surface area contributed by atoms with E-state index < -0.39 is 11.4 Å². The zero-order valence-electron chi connectivity index (χ0n) is 21.5. The third-order valence-electron chi connectivity index (χ3n) is 8.99. The molecule has 7 heteroatoms. The molecule has 7 rings (SSSR count). The van der Waals surface area contributed by atoms with Crippen molar-refractivity contribution in [2.45, 2.75) is 38.5 Å². The van der Waals surface area contributed by atoms with E-state index in [-0.39, 0.29) is 5.92 Å². The molecule has 38 heavy (non-hydrogen) atoms. The predicted octanol–water partition coefficient (Wildman–Crippen LogP) is 4.39. The summed E-state index contributed by atoms with van der Waals surface area (Å²) in [5.41, 5.74) is 5.37. The van der Waals surface area contributed by atoms with E-state index in [4.69, 9.17) is 14.5 Å². The zero-order chi connectivity index (χ0) is 25.7. The quantitative estimate of drug-likeness (QED) is 0.504. The fourth-order valence-corrected chi connectivity index (χ4v) is 6.37. The summed E-state index contributed by atoms with van der Waals surface area (Å²) in [6.07, 6.45) is 2.54. The zero-order valence-corrected chi connectivity index (χ0v) is 21.5. The molecule has 0 spiro atoms. The Labute approximate surface area is 223 Å². The number of nitrogens with zero attached hydrogens (tertiary/aromatic N) is 3. The largest absolute Gasteiger partial charge is 0.488 e. The molecule has 4 heterocycles. The molecule has 1 N–H and O–H groups in total. The molecule has 2 aromatic carbocycles. The lowest BCUT2D eigenvalue weighted by Gasteiger charge is -2.40. The summed E-state index contributed by atoms with van der Waals surface area (Å²) in [7, 11) is 0. The van der Waals surface area contributed by atoms with Crippen LogP contribution in [0.1, 0.15) is 29.5 Å². The van der Waals surface area contributed by atoms with Crippen LogP contribution in [-0.4, -0.2) is 59.8 Å². The number of carboxylic acid groups (broad SMARTS) is 1. The van der Waals surface area contributed by atoms with E-state index in [1.165, 1.54) is 16.7 Å². The lowest BCUT2D eigenvalue weighted by atomic mass is 9.95. The molecule has 4 aliphatic rings. The van der Waals surface area contributed by atoms with Crippen molar-refractivity contribution in [3.8, 4) is 17.0 Å². The first-order chi connectivity index (χ1) is 18.6. The predicted molar refractivity (Wildman–Crippen MR) is 144 cm³/mol. The Kier molecular flexibility index (Phi) is 5.86. The van der Waals surface area contributed by atoms with E-state index in [0.29, 0.717) is 19.1 Å². The number of rotatable bonds is 7. The van der Waals surface area contributed by atoms with E-state index >= 15 is 0 Å². The van der Waals surface area contributed by atoms with E-state index in [1.54, 1.807) is 0 Å². The number of pyridine rings is 1. The number of fused-ring (bicyclic) bond motifs is 2. The Morgan fingerprint density at radius 2 is 1.97 bits per heavy atom. The molecular formula is C31H33N3O4. The Morgan fingerprint density at radius 1 is 1.08 bits per heavy atom. The lowest BCUT2D eigenvalue weighted by molar-refractivity contribution is -0.144. The molecule has 2 saturated heterocycles. The average molecular weight is 512 g/mol. The second kappa shape index (κ2) is 9.40. The minimum atomic E-state index is -0.639.